The SMILES string of the molecule is CCOC(=O)C1=C(Nc2ccccc2)C[C@](C)(O)[C@H](C(=O)OCC)[C@@H]1c1ccc([N+](=O)[O-])cc1. The number of nitro benzene ring substituents is 1. The number of nitrogens with one attached hydrogen (secondary N) is 1. The van der Waals surface area contributed by atoms with E-state index in [1.165, 1.54) is 31.2 Å². The number of anilines is 1. The Bertz CT molecular complexity index is 1080. The van der Waals surface area contributed by atoms with Crippen LogP contribution in [-0.4, -0.2) is 40.8 Å². The summed E-state index contributed by atoms with van der Waals surface area (Å²) in [5.41, 5.74) is -0.0246. The largest absolute Gasteiger partial charge is 0.466 e. The normalized spacial score (nSPS) is 22.1. The van der Waals surface area contributed by atoms with Gasteiger partial charge in [0.05, 0.1) is 35.2 Å². The molecule has 0 spiro atoms. The molecule has 0 saturated carbocycles. The van der Waals surface area contributed by atoms with Crippen molar-refractivity contribution < 1.29 is 29.1 Å². The Labute approximate surface area is 197 Å². The van der Waals surface area contributed by atoms with Gasteiger partial charge in [-0.05, 0) is 38.5 Å². The summed E-state index contributed by atoms with van der Waals surface area (Å²) in [6.45, 7) is 5.04. The van der Waals surface area contributed by atoms with Crippen LogP contribution in [0.25, 0.3) is 0 Å². The molecule has 0 heterocycles. The fraction of sp³-hybridized carbons (Fsp3) is 0.360. The molecule has 9 heteroatoms. The highest BCUT2D eigenvalue weighted by molar-refractivity contribution is 5.94. The number of benzene rings is 2. The van der Waals surface area contributed by atoms with Crippen molar-refractivity contribution in [1.82, 2.24) is 0 Å². The minimum atomic E-state index is -1.59. The summed E-state index contributed by atoms with van der Waals surface area (Å²) in [7, 11) is 0. The van der Waals surface area contributed by atoms with Crippen LogP contribution < -0.4 is 5.32 Å². The average Bonchev–Trinajstić information content (AvgIpc) is 2.79. The van der Waals surface area contributed by atoms with Crippen molar-refractivity contribution in [2.24, 2.45) is 5.92 Å². The molecule has 0 unspecified atom stereocenters. The molecule has 9 nitrogen and oxygen atoms in total. The molecule has 1 aliphatic carbocycles. The maximum atomic E-state index is 13.2. The quantitative estimate of drug-likeness (QED) is 0.339. The number of ether oxygens (including phenoxy) is 2. The number of hydrogen-bond acceptors (Lipinski definition) is 8. The minimum absolute atomic E-state index is 0.0387. The first-order valence-electron chi connectivity index (χ1n) is 11.0. The van der Waals surface area contributed by atoms with Gasteiger partial charge >= 0.3 is 11.9 Å². The van der Waals surface area contributed by atoms with Crippen LogP contribution >= 0.6 is 0 Å². The van der Waals surface area contributed by atoms with Gasteiger partial charge in [-0.3, -0.25) is 14.9 Å². The monoisotopic (exact) mass is 468 g/mol. The molecule has 0 fully saturated rings. The van der Waals surface area contributed by atoms with E-state index in [1.807, 2.05) is 30.3 Å². The molecule has 2 aromatic carbocycles. The average molecular weight is 469 g/mol. The van der Waals surface area contributed by atoms with E-state index < -0.39 is 34.3 Å². The molecule has 0 radical (unpaired) electrons. The molecule has 0 aromatic heterocycles. The molecule has 0 saturated heterocycles. The number of hydrogen-bond donors (Lipinski definition) is 2. The lowest BCUT2D eigenvalue weighted by molar-refractivity contribution is -0.384. The second-order valence-corrected chi connectivity index (χ2v) is 8.19. The molecular formula is C25H28N2O7. The highest BCUT2D eigenvalue weighted by Gasteiger charge is 2.52. The van der Waals surface area contributed by atoms with Crippen LogP contribution in [0.4, 0.5) is 11.4 Å². The number of nitrogens with zero attached hydrogens (tertiary/aromatic N) is 1. The third-order valence-corrected chi connectivity index (χ3v) is 5.74. The first kappa shape index (κ1) is 24.9. The van der Waals surface area contributed by atoms with E-state index in [0.717, 1.165) is 0 Å². The third kappa shape index (κ3) is 5.26. The second-order valence-electron chi connectivity index (χ2n) is 8.19. The van der Waals surface area contributed by atoms with Crippen LogP contribution in [0.5, 0.6) is 0 Å². The van der Waals surface area contributed by atoms with E-state index in [9.17, 15) is 24.8 Å². The van der Waals surface area contributed by atoms with Crippen LogP contribution in [0.2, 0.25) is 0 Å². The highest BCUT2D eigenvalue weighted by Crippen LogP contribution is 2.48. The molecule has 2 N–H and O–H groups in total. The Morgan fingerprint density at radius 3 is 2.26 bits per heavy atom. The van der Waals surface area contributed by atoms with Crippen molar-refractivity contribution in [3.05, 3.63) is 81.5 Å². The predicted octanol–water partition coefficient (Wildman–Crippen LogP) is 3.94. The highest BCUT2D eigenvalue weighted by atomic mass is 16.6. The molecular weight excluding hydrogens is 440 g/mol. The summed E-state index contributed by atoms with van der Waals surface area (Å²) in [6, 6.07) is 14.7. The number of carbonyl (C=O) groups is 2. The van der Waals surface area contributed by atoms with E-state index in [4.69, 9.17) is 9.47 Å². The Morgan fingerprint density at radius 1 is 1.09 bits per heavy atom. The molecule has 3 rings (SSSR count). The lowest BCUT2D eigenvalue weighted by Crippen LogP contribution is -2.49. The molecule has 34 heavy (non-hydrogen) atoms. The third-order valence-electron chi connectivity index (χ3n) is 5.74. The number of rotatable bonds is 8. The van der Waals surface area contributed by atoms with E-state index >= 15 is 0 Å². The maximum Gasteiger partial charge on any atom is 0.336 e. The fourth-order valence-electron chi connectivity index (χ4n) is 4.33. The Balaban J connectivity index is 2.24. The first-order valence-corrected chi connectivity index (χ1v) is 11.0. The van der Waals surface area contributed by atoms with Gasteiger partial charge in [-0.1, -0.05) is 30.3 Å². The molecule has 0 amide bonds. The molecule has 1 aliphatic rings. The van der Waals surface area contributed by atoms with Crippen molar-refractivity contribution in [3.63, 3.8) is 0 Å². The van der Waals surface area contributed by atoms with Gasteiger partial charge in [0, 0.05) is 35.9 Å². The molecule has 3 atom stereocenters. The molecule has 0 bridgehead atoms. The number of nitro groups is 1. The summed E-state index contributed by atoms with van der Waals surface area (Å²) in [5, 5.41) is 25.8. The minimum Gasteiger partial charge on any atom is -0.466 e. The van der Waals surface area contributed by atoms with Gasteiger partial charge in [0.15, 0.2) is 0 Å². The number of non-ortho nitro benzene ring substituents is 1. The lowest BCUT2D eigenvalue weighted by atomic mass is 9.65. The van der Waals surface area contributed by atoms with E-state index in [2.05, 4.69) is 5.32 Å². The van der Waals surface area contributed by atoms with E-state index in [0.29, 0.717) is 16.9 Å². The summed E-state index contributed by atoms with van der Waals surface area (Å²) >= 11 is 0. The maximum absolute atomic E-state index is 13.2. The van der Waals surface area contributed by atoms with Crippen molar-refractivity contribution in [3.8, 4) is 0 Å². The standard InChI is InChI=1S/C25H28N2O7/c1-4-33-23(28)21-19(26-17-9-7-6-8-10-17)15-25(3,30)22(24(29)34-5-2)20(21)16-11-13-18(14-12-16)27(31)32/h6-14,20,22,26,30H,4-5,15H2,1-3H3/t20-,22+,25+/m1/s1. The van der Waals surface area contributed by atoms with Crippen LogP contribution in [0, 0.1) is 16.0 Å². The second kappa shape index (κ2) is 10.5. The van der Waals surface area contributed by atoms with Crippen molar-refractivity contribution in [2.75, 3.05) is 18.5 Å². The topological polar surface area (TPSA) is 128 Å². The van der Waals surface area contributed by atoms with E-state index in [-0.39, 0.29) is 30.9 Å². The predicted molar refractivity (Wildman–Crippen MR) is 125 cm³/mol. The summed E-state index contributed by atoms with van der Waals surface area (Å²) in [5.74, 6) is -3.42. The zero-order valence-electron chi connectivity index (χ0n) is 19.3. The summed E-state index contributed by atoms with van der Waals surface area (Å²) in [6.07, 6.45) is -0.0387. The Kier molecular flexibility index (Phi) is 7.68. The van der Waals surface area contributed by atoms with Crippen LogP contribution in [0.1, 0.15) is 38.7 Å². The molecule has 2 aromatic rings. The van der Waals surface area contributed by atoms with Crippen molar-refractivity contribution >= 4 is 23.3 Å². The Hall–Kier alpha value is -3.72. The van der Waals surface area contributed by atoms with Crippen LogP contribution in [0.15, 0.2) is 65.9 Å². The van der Waals surface area contributed by atoms with Crippen LogP contribution in [0.3, 0.4) is 0 Å². The van der Waals surface area contributed by atoms with Gasteiger partial charge in [-0.15, -0.1) is 0 Å². The van der Waals surface area contributed by atoms with Gasteiger partial charge in [0.25, 0.3) is 5.69 Å². The van der Waals surface area contributed by atoms with Gasteiger partial charge in [-0.2, -0.15) is 0 Å². The summed E-state index contributed by atoms with van der Waals surface area (Å²) in [4.78, 5) is 36.9. The van der Waals surface area contributed by atoms with Gasteiger partial charge in [0.2, 0.25) is 0 Å². The van der Waals surface area contributed by atoms with Crippen molar-refractivity contribution in [1.29, 1.82) is 0 Å². The van der Waals surface area contributed by atoms with Gasteiger partial charge in [-0.25, -0.2) is 4.79 Å². The van der Waals surface area contributed by atoms with Gasteiger partial charge in [0.1, 0.15) is 0 Å². The van der Waals surface area contributed by atoms with Crippen molar-refractivity contribution in [2.45, 2.75) is 38.7 Å². The molecule has 180 valence electrons. The number of para-hydroxylation sites is 1. The first-order chi connectivity index (χ1) is 16.2. The zero-order valence-corrected chi connectivity index (χ0v) is 19.3. The lowest BCUT2D eigenvalue weighted by Gasteiger charge is -2.43. The fourth-order valence-corrected chi connectivity index (χ4v) is 4.33. The smallest absolute Gasteiger partial charge is 0.336 e. The number of aliphatic hydroxyl groups is 1. The Morgan fingerprint density at radius 2 is 1.71 bits per heavy atom. The zero-order chi connectivity index (χ0) is 24.9. The number of carbonyl (C=O) groups excluding carboxylic acids is 2. The molecule has 0 aliphatic heterocycles. The van der Waals surface area contributed by atoms with Gasteiger partial charge < -0.3 is 19.9 Å². The number of esters is 2. The van der Waals surface area contributed by atoms with Crippen LogP contribution in [-0.2, 0) is 19.1 Å². The summed E-state index contributed by atoms with van der Waals surface area (Å²) < 4.78 is 10.6. The van der Waals surface area contributed by atoms with E-state index in [1.54, 1.807) is 13.8 Å².